The van der Waals surface area contributed by atoms with Gasteiger partial charge in [0, 0.05) is 10.6 Å². The first-order chi connectivity index (χ1) is 6.40. The van der Waals surface area contributed by atoms with Gasteiger partial charge in [-0.2, -0.15) is 0 Å². The van der Waals surface area contributed by atoms with Crippen molar-refractivity contribution in [1.29, 1.82) is 0 Å². The summed E-state index contributed by atoms with van der Waals surface area (Å²) < 4.78 is 0. The Hall–Kier alpha value is -0.670. The first-order valence-electron chi connectivity index (χ1n) is 4.59. The van der Waals surface area contributed by atoms with E-state index in [0.717, 1.165) is 0 Å². The standard InChI is InChI=1S/C8H10N2S.C2H6/c1-9-8-10-6-4-2-3-5-7(6)11-8;1-2/h2-5,8-10H,1H3;1-2H3. The molecule has 2 nitrogen and oxygen atoms in total. The lowest BCUT2D eigenvalue weighted by Crippen LogP contribution is -2.25. The molecule has 0 aromatic heterocycles. The summed E-state index contributed by atoms with van der Waals surface area (Å²) in [4.78, 5) is 1.33. The van der Waals surface area contributed by atoms with E-state index in [2.05, 4.69) is 28.8 Å². The summed E-state index contributed by atoms with van der Waals surface area (Å²) >= 11 is 1.81. The molecule has 3 heteroatoms. The third-order valence-corrected chi connectivity index (χ3v) is 2.88. The van der Waals surface area contributed by atoms with E-state index in [1.807, 2.05) is 38.7 Å². The molecule has 0 radical (unpaired) electrons. The Labute approximate surface area is 84.1 Å². The van der Waals surface area contributed by atoms with E-state index in [-0.39, 0.29) is 0 Å². The first kappa shape index (κ1) is 10.4. The molecule has 1 aromatic rings. The monoisotopic (exact) mass is 196 g/mol. The third-order valence-electron chi connectivity index (χ3n) is 1.68. The minimum atomic E-state index is 0.340. The maximum atomic E-state index is 3.34. The molecule has 0 fully saturated rings. The molecule has 0 saturated heterocycles. The fourth-order valence-electron chi connectivity index (χ4n) is 1.12. The number of nitrogens with one attached hydrogen (secondary N) is 2. The number of anilines is 1. The van der Waals surface area contributed by atoms with Crippen molar-refractivity contribution in [3.63, 3.8) is 0 Å². The van der Waals surface area contributed by atoms with Crippen molar-refractivity contribution in [1.82, 2.24) is 5.32 Å². The maximum absolute atomic E-state index is 3.34. The van der Waals surface area contributed by atoms with Crippen molar-refractivity contribution < 1.29 is 0 Å². The van der Waals surface area contributed by atoms with Crippen LogP contribution in [0.1, 0.15) is 13.8 Å². The van der Waals surface area contributed by atoms with Crippen LogP contribution >= 0.6 is 11.8 Å². The molecule has 0 saturated carbocycles. The quantitative estimate of drug-likeness (QED) is 0.722. The van der Waals surface area contributed by atoms with E-state index in [9.17, 15) is 0 Å². The van der Waals surface area contributed by atoms with Crippen molar-refractivity contribution >= 4 is 17.4 Å². The SMILES string of the molecule is CC.CNC1Nc2ccccc2S1. The Kier molecular flexibility index (Phi) is 4.12. The number of rotatable bonds is 1. The van der Waals surface area contributed by atoms with Gasteiger partial charge in [0.2, 0.25) is 0 Å². The molecule has 1 aliphatic rings. The number of para-hydroxylation sites is 1. The van der Waals surface area contributed by atoms with Gasteiger partial charge in [-0.05, 0) is 19.2 Å². The van der Waals surface area contributed by atoms with Crippen molar-refractivity contribution in [2.24, 2.45) is 0 Å². The number of fused-ring (bicyclic) bond motifs is 1. The summed E-state index contributed by atoms with van der Waals surface area (Å²) in [5.41, 5.74) is 1.57. The maximum Gasteiger partial charge on any atom is 0.130 e. The van der Waals surface area contributed by atoms with Gasteiger partial charge >= 0.3 is 0 Å². The molecule has 0 aliphatic carbocycles. The van der Waals surface area contributed by atoms with Crippen LogP contribution in [-0.4, -0.2) is 12.5 Å². The molecule has 0 spiro atoms. The van der Waals surface area contributed by atoms with Gasteiger partial charge in [0.25, 0.3) is 0 Å². The van der Waals surface area contributed by atoms with E-state index >= 15 is 0 Å². The number of benzene rings is 1. The molecule has 13 heavy (non-hydrogen) atoms. The summed E-state index contributed by atoms with van der Waals surface area (Å²) in [7, 11) is 1.95. The second kappa shape index (κ2) is 5.14. The van der Waals surface area contributed by atoms with Crippen LogP contribution in [0.15, 0.2) is 29.2 Å². The molecule has 2 rings (SSSR count). The first-order valence-corrected chi connectivity index (χ1v) is 5.47. The Bertz CT molecular complexity index is 238. The molecule has 2 N–H and O–H groups in total. The van der Waals surface area contributed by atoms with Gasteiger partial charge in [-0.1, -0.05) is 37.7 Å². The predicted molar refractivity (Wildman–Crippen MR) is 60.1 cm³/mol. The fourth-order valence-corrected chi connectivity index (χ4v) is 2.09. The average Bonchev–Trinajstić information content (AvgIpc) is 2.63. The highest BCUT2D eigenvalue weighted by Crippen LogP contribution is 2.36. The van der Waals surface area contributed by atoms with Crippen LogP contribution in [0, 0.1) is 0 Å². The number of hydrogen-bond donors (Lipinski definition) is 2. The average molecular weight is 196 g/mol. The highest BCUT2D eigenvalue weighted by molar-refractivity contribution is 8.00. The molecule has 72 valence electrons. The van der Waals surface area contributed by atoms with Crippen molar-refractivity contribution in [2.45, 2.75) is 24.2 Å². The molecule has 0 bridgehead atoms. The highest BCUT2D eigenvalue weighted by atomic mass is 32.2. The van der Waals surface area contributed by atoms with Crippen LogP contribution in [0.4, 0.5) is 5.69 Å². The van der Waals surface area contributed by atoms with E-state index in [1.54, 1.807) is 0 Å². The summed E-state index contributed by atoms with van der Waals surface area (Å²) in [5.74, 6) is 0. The Morgan fingerprint density at radius 2 is 2.00 bits per heavy atom. The zero-order valence-electron chi connectivity index (χ0n) is 8.29. The van der Waals surface area contributed by atoms with E-state index < -0.39 is 0 Å². The second-order valence-electron chi connectivity index (χ2n) is 2.43. The summed E-state index contributed by atoms with van der Waals surface area (Å²) in [6, 6.07) is 8.33. The van der Waals surface area contributed by atoms with E-state index in [0.29, 0.717) is 5.50 Å². The van der Waals surface area contributed by atoms with Crippen LogP contribution in [0.5, 0.6) is 0 Å². The Balaban J connectivity index is 0.000000396. The van der Waals surface area contributed by atoms with Gasteiger partial charge < -0.3 is 5.32 Å². The summed E-state index contributed by atoms with van der Waals surface area (Å²) in [5, 5.41) is 6.50. The zero-order valence-corrected chi connectivity index (χ0v) is 9.11. The molecule has 1 aliphatic heterocycles. The van der Waals surface area contributed by atoms with Crippen LogP contribution < -0.4 is 10.6 Å². The molecular formula is C10H16N2S. The lowest BCUT2D eigenvalue weighted by molar-refractivity contribution is 0.828. The molecule has 1 unspecified atom stereocenters. The van der Waals surface area contributed by atoms with Crippen molar-refractivity contribution in [3.05, 3.63) is 24.3 Å². The zero-order chi connectivity index (χ0) is 9.68. The molecule has 0 amide bonds. The molecular weight excluding hydrogens is 180 g/mol. The Morgan fingerprint density at radius 1 is 1.31 bits per heavy atom. The normalized spacial score (nSPS) is 18.2. The largest absolute Gasteiger partial charge is 0.360 e. The topological polar surface area (TPSA) is 24.1 Å². The van der Waals surface area contributed by atoms with Crippen molar-refractivity contribution in [3.8, 4) is 0 Å². The predicted octanol–water partition coefficient (Wildman–Crippen LogP) is 2.73. The summed E-state index contributed by atoms with van der Waals surface area (Å²) in [6.45, 7) is 4.00. The third kappa shape index (κ3) is 2.39. The molecule has 1 atom stereocenters. The molecule has 1 aromatic carbocycles. The van der Waals surface area contributed by atoms with Gasteiger partial charge in [0.1, 0.15) is 5.50 Å². The lowest BCUT2D eigenvalue weighted by Gasteiger charge is -2.06. The number of hydrogen-bond acceptors (Lipinski definition) is 3. The van der Waals surface area contributed by atoms with Gasteiger partial charge in [-0.15, -0.1) is 0 Å². The fraction of sp³-hybridized carbons (Fsp3) is 0.400. The van der Waals surface area contributed by atoms with Crippen molar-refractivity contribution in [2.75, 3.05) is 12.4 Å². The van der Waals surface area contributed by atoms with Gasteiger partial charge in [0.15, 0.2) is 0 Å². The molecule has 1 heterocycles. The second-order valence-corrected chi connectivity index (χ2v) is 3.57. The summed E-state index contributed by atoms with van der Waals surface area (Å²) in [6.07, 6.45) is 0. The van der Waals surface area contributed by atoms with E-state index in [1.165, 1.54) is 10.6 Å². The lowest BCUT2D eigenvalue weighted by atomic mass is 10.3. The minimum Gasteiger partial charge on any atom is -0.360 e. The minimum absolute atomic E-state index is 0.340. The number of thioether (sulfide) groups is 1. The van der Waals surface area contributed by atoms with Crippen LogP contribution in [0.25, 0.3) is 0 Å². The van der Waals surface area contributed by atoms with Gasteiger partial charge in [-0.25, -0.2) is 0 Å². The Morgan fingerprint density at radius 3 is 2.62 bits per heavy atom. The van der Waals surface area contributed by atoms with Gasteiger partial charge in [-0.3, -0.25) is 5.32 Å². The highest BCUT2D eigenvalue weighted by Gasteiger charge is 2.17. The van der Waals surface area contributed by atoms with Crippen LogP contribution in [-0.2, 0) is 0 Å². The van der Waals surface area contributed by atoms with Crippen LogP contribution in [0.2, 0.25) is 0 Å². The van der Waals surface area contributed by atoms with Gasteiger partial charge in [0.05, 0.1) is 0 Å². The smallest absolute Gasteiger partial charge is 0.130 e. The van der Waals surface area contributed by atoms with Crippen LogP contribution in [0.3, 0.4) is 0 Å². The van der Waals surface area contributed by atoms with E-state index in [4.69, 9.17) is 0 Å².